The number of aromatic nitrogens is 1. The molecular weight excluding hydrogens is 633 g/mol. The van der Waals surface area contributed by atoms with Crippen LogP contribution in [0.5, 0.6) is 0 Å². The summed E-state index contributed by atoms with van der Waals surface area (Å²) in [7, 11) is 0. The molecule has 1 saturated carbocycles. The maximum absolute atomic E-state index is 6.42. The van der Waals surface area contributed by atoms with Crippen molar-refractivity contribution in [1.29, 1.82) is 0 Å². The largest absolute Gasteiger partial charge is 0.456 e. The summed E-state index contributed by atoms with van der Waals surface area (Å²) < 4.78 is 6.42. The number of furan rings is 1. The molecule has 2 aromatic heterocycles. The molecule has 2 heterocycles. The predicted molar refractivity (Wildman–Crippen MR) is 220 cm³/mol. The van der Waals surface area contributed by atoms with Gasteiger partial charge in [0.2, 0.25) is 0 Å². The van der Waals surface area contributed by atoms with Gasteiger partial charge in [-0.2, -0.15) is 0 Å². The second-order valence-electron chi connectivity index (χ2n) is 13.5. The number of benzene rings is 5. The number of fused-ring (bicyclic) bond motifs is 1. The minimum absolute atomic E-state index is 0.569. The molecule has 0 bridgehead atoms. The number of nitrogens with zero attached hydrogens (tertiary/aromatic N) is 1. The molecule has 7 aromatic rings. The van der Waals surface area contributed by atoms with Gasteiger partial charge in [0.1, 0.15) is 11.3 Å². The summed E-state index contributed by atoms with van der Waals surface area (Å²) in [4.78, 5) is 5.65. The summed E-state index contributed by atoms with van der Waals surface area (Å²) in [6, 6.07) is 49.5. The maximum atomic E-state index is 6.42. The van der Waals surface area contributed by atoms with Crippen molar-refractivity contribution in [2.24, 2.45) is 5.92 Å². The molecule has 5 aromatic carbocycles. The third-order valence-electron chi connectivity index (χ3n) is 9.82. The molecule has 0 aliphatic heterocycles. The van der Waals surface area contributed by atoms with E-state index in [-0.39, 0.29) is 0 Å². The van der Waals surface area contributed by atoms with E-state index in [4.69, 9.17) is 4.42 Å². The molecule has 0 amide bonds. The minimum atomic E-state index is 0.569. The highest BCUT2D eigenvalue weighted by Crippen LogP contribution is 2.44. The lowest BCUT2D eigenvalue weighted by molar-refractivity contribution is 0.631. The zero-order valence-corrected chi connectivity index (χ0v) is 29.5. The second-order valence-corrected chi connectivity index (χ2v) is 13.5. The lowest BCUT2D eigenvalue weighted by Gasteiger charge is -2.25. The summed E-state index contributed by atoms with van der Waals surface area (Å²) >= 11 is 0. The van der Waals surface area contributed by atoms with Crippen LogP contribution in [-0.4, -0.2) is 4.98 Å². The van der Waals surface area contributed by atoms with E-state index < -0.39 is 0 Å². The van der Waals surface area contributed by atoms with Crippen LogP contribution >= 0.6 is 0 Å². The molecule has 0 saturated heterocycles. The van der Waals surface area contributed by atoms with Crippen LogP contribution in [0.2, 0.25) is 0 Å². The van der Waals surface area contributed by atoms with E-state index in [1.165, 1.54) is 40.8 Å². The molecule has 0 unspecified atom stereocenters. The van der Waals surface area contributed by atoms with Crippen LogP contribution in [0.4, 0.5) is 17.1 Å². The number of anilines is 3. The topological polar surface area (TPSA) is 32.2 Å². The third-order valence-corrected chi connectivity index (χ3v) is 9.82. The molecule has 254 valence electrons. The van der Waals surface area contributed by atoms with Gasteiger partial charge in [-0.3, -0.25) is 0 Å². The Morgan fingerprint density at radius 1 is 0.769 bits per heavy atom. The lowest BCUT2D eigenvalue weighted by Crippen LogP contribution is -2.09. The number of para-hydroxylation sites is 3. The molecule has 1 N–H and O–H groups in total. The Kier molecular flexibility index (Phi) is 9.41. The Labute approximate surface area is 306 Å². The quantitative estimate of drug-likeness (QED) is 0.131. The van der Waals surface area contributed by atoms with Crippen LogP contribution in [0, 0.1) is 12.8 Å². The molecule has 0 radical (unpaired) electrons. The molecule has 8 rings (SSSR count). The maximum Gasteiger partial charge on any atom is 0.135 e. The molecule has 0 spiro atoms. The Morgan fingerprint density at radius 3 is 2.12 bits per heavy atom. The van der Waals surface area contributed by atoms with E-state index in [1.807, 2.05) is 30.5 Å². The smallest absolute Gasteiger partial charge is 0.135 e. The zero-order chi connectivity index (χ0) is 35.3. The molecule has 1 fully saturated rings. The molecular formula is C49H42N2O. The van der Waals surface area contributed by atoms with Gasteiger partial charge in [0.15, 0.2) is 0 Å². The van der Waals surface area contributed by atoms with Crippen molar-refractivity contribution in [2.45, 2.75) is 26.2 Å². The number of nitrogens with one attached hydrogen (secondary N) is 1. The molecule has 3 nitrogen and oxygen atoms in total. The first-order valence-corrected chi connectivity index (χ1v) is 18.1. The van der Waals surface area contributed by atoms with Crippen molar-refractivity contribution >= 4 is 45.3 Å². The Hall–Kier alpha value is -6.32. The molecule has 52 heavy (non-hydrogen) atoms. The number of aromatic amines is 1. The summed E-state index contributed by atoms with van der Waals surface area (Å²) in [5.74, 6) is 1.46. The van der Waals surface area contributed by atoms with E-state index >= 15 is 0 Å². The van der Waals surface area contributed by atoms with Gasteiger partial charge in [-0.1, -0.05) is 104 Å². The van der Waals surface area contributed by atoms with Crippen LogP contribution in [0.25, 0.3) is 39.5 Å². The molecule has 1 aliphatic carbocycles. The van der Waals surface area contributed by atoms with Gasteiger partial charge in [0.25, 0.3) is 0 Å². The van der Waals surface area contributed by atoms with Gasteiger partial charge in [-0.25, -0.2) is 0 Å². The van der Waals surface area contributed by atoms with E-state index in [0.29, 0.717) is 5.92 Å². The SMILES string of the molecule is C=C/C=C\C(=C/Cc1cc(/C(=C/c2cc[nH]c2C)C2CC2)cc(-c2cc3ccccc3o2)c1)c1ccc(N(c2ccccc2)c2ccccc2)cc1. The number of aryl methyl sites for hydroxylation is 1. The van der Waals surface area contributed by atoms with Crippen molar-refractivity contribution in [2.75, 3.05) is 4.90 Å². The number of rotatable bonds is 12. The average molecular weight is 675 g/mol. The average Bonchev–Trinajstić information content (AvgIpc) is 3.80. The number of H-pyrrole nitrogens is 1. The van der Waals surface area contributed by atoms with Crippen molar-refractivity contribution in [3.8, 4) is 11.3 Å². The summed E-state index contributed by atoms with van der Waals surface area (Å²) in [5, 5.41) is 1.11. The number of hydrogen-bond acceptors (Lipinski definition) is 2. The summed E-state index contributed by atoms with van der Waals surface area (Å²) in [6.07, 6.45) is 16.0. The second kappa shape index (κ2) is 14.9. The predicted octanol–water partition coefficient (Wildman–Crippen LogP) is 13.5. The molecule has 1 aliphatic rings. The van der Waals surface area contributed by atoms with Gasteiger partial charge < -0.3 is 14.3 Å². The fourth-order valence-electron chi connectivity index (χ4n) is 6.95. The van der Waals surface area contributed by atoms with Gasteiger partial charge in [-0.15, -0.1) is 0 Å². The van der Waals surface area contributed by atoms with Gasteiger partial charge in [-0.05, 0) is 138 Å². The third kappa shape index (κ3) is 7.26. The monoisotopic (exact) mass is 674 g/mol. The first-order chi connectivity index (χ1) is 25.6. The first kappa shape index (κ1) is 32.9. The highest BCUT2D eigenvalue weighted by molar-refractivity contribution is 5.88. The van der Waals surface area contributed by atoms with E-state index in [2.05, 4.69) is 169 Å². The normalized spacial score (nSPS) is 13.6. The zero-order valence-electron chi connectivity index (χ0n) is 29.5. The van der Waals surface area contributed by atoms with Gasteiger partial charge in [0.05, 0.1) is 0 Å². The van der Waals surface area contributed by atoms with Crippen molar-refractivity contribution in [3.63, 3.8) is 0 Å². The molecule has 3 heteroatoms. The van der Waals surface area contributed by atoms with Crippen LogP contribution < -0.4 is 4.90 Å². The van der Waals surface area contributed by atoms with Gasteiger partial charge >= 0.3 is 0 Å². The lowest BCUT2D eigenvalue weighted by atomic mass is 9.92. The molecule has 0 atom stereocenters. The number of hydrogen-bond donors (Lipinski definition) is 1. The fraction of sp³-hybridized carbons (Fsp3) is 0.102. The van der Waals surface area contributed by atoms with E-state index in [9.17, 15) is 0 Å². The van der Waals surface area contributed by atoms with Crippen molar-refractivity contribution < 1.29 is 4.42 Å². The van der Waals surface area contributed by atoms with Crippen molar-refractivity contribution in [1.82, 2.24) is 4.98 Å². The Balaban J connectivity index is 1.17. The number of allylic oxidation sites excluding steroid dienone is 6. The van der Waals surface area contributed by atoms with Crippen LogP contribution in [0.15, 0.2) is 181 Å². The van der Waals surface area contributed by atoms with E-state index in [0.717, 1.165) is 56.9 Å². The highest BCUT2D eigenvalue weighted by atomic mass is 16.3. The van der Waals surface area contributed by atoms with Crippen molar-refractivity contribution in [3.05, 3.63) is 205 Å². The first-order valence-electron chi connectivity index (χ1n) is 18.1. The van der Waals surface area contributed by atoms with Gasteiger partial charge in [0, 0.05) is 39.9 Å². The minimum Gasteiger partial charge on any atom is -0.456 e. The van der Waals surface area contributed by atoms with Crippen LogP contribution in [0.1, 0.15) is 40.8 Å². The Bertz CT molecular complexity index is 2330. The fourth-order valence-corrected chi connectivity index (χ4v) is 6.95. The van der Waals surface area contributed by atoms with Crippen LogP contribution in [0.3, 0.4) is 0 Å². The standard InChI is InChI=1S/C49H42N2O/c1-3-4-13-37(38-24-26-46(27-25-38)51(44-15-7-5-8-16-44)45-17-9-6-10-18-45)21-20-36-30-42(47(39-22-23-39)33-40-28-29-50-35(40)2)32-43(31-36)49-34-41-14-11-12-19-48(41)52-49/h3-19,21,24-34,39,50H,1,20,22-23H2,2H3/b13-4-,37-21+,47-33+. The summed E-state index contributed by atoms with van der Waals surface area (Å²) in [6.45, 7) is 6.10. The highest BCUT2D eigenvalue weighted by Gasteiger charge is 2.28. The van der Waals surface area contributed by atoms with E-state index in [1.54, 1.807) is 0 Å². The van der Waals surface area contributed by atoms with Crippen LogP contribution in [-0.2, 0) is 6.42 Å². The summed E-state index contributed by atoms with van der Waals surface area (Å²) in [5.41, 5.74) is 14.0. The Morgan fingerprint density at radius 2 is 1.46 bits per heavy atom.